The third kappa shape index (κ3) is 4.40. The zero-order chi connectivity index (χ0) is 19.3. The number of rotatable bonds is 5. The van der Waals surface area contributed by atoms with Gasteiger partial charge in [0, 0.05) is 24.0 Å². The summed E-state index contributed by atoms with van der Waals surface area (Å²) in [5.41, 5.74) is 1.54. The van der Waals surface area contributed by atoms with Crippen LogP contribution in [0.15, 0.2) is 35.7 Å². The van der Waals surface area contributed by atoms with Crippen LogP contribution >= 0.6 is 11.3 Å². The highest BCUT2D eigenvalue weighted by Crippen LogP contribution is 2.33. The highest BCUT2D eigenvalue weighted by atomic mass is 32.1. The Labute approximate surface area is 168 Å². The molecular formula is C20H24N4O3S. The van der Waals surface area contributed by atoms with Crippen LogP contribution in [0.1, 0.15) is 34.9 Å². The molecule has 1 aromatic carbocycles. The first kappa shape index (κ1) is 19.0. The Balaban J connectivity index is 1.38. The Bertz CT molecular complexity index is 820. The standard InChI is InChI=1S/C20H24N4O3S/c25-18(23-9-11-27-12-10-23)13-24-8-4-7-17(24)16-14-28-20(21-16)22-19(26)15-5-2-1-3-6-15/h1-3,5-6,14,17H,4,7-13H2,(H,21,22,26)/t17-/m1/s1. The van der Waals surface area contributed by atoms with Crippen molar-refractivity contribution in [1.82, 2.24) is 14.8 Å². The minimum atomic E-state index is -0.160. The number of carbonyl (C=O) groups is 2. The highest BCUT2D eigenvalue weighted by molar-refractivity contribution is 7.14. The molecule has 7 nitrogen and oxygen atoms in total. The lowest BCUT2D eigenvalue weighted by Crippen LogP contribution is -2.45. The summed E-state index contributed by atoms with van der Waals surface area (Å²) < 4.78 is 5.33. The fourth-order valence-corrected chi connectivity index (χ4v) is 4.44. The molecule has 8 heteroatoms. The van der Waals surface area contributed by atoms with Gasteiger partial charge in [0.05, 0.1) is 31.5 Å². The van der Waals surface area contributed by atoms with E-state index in [0.29, 0.717) is 43.5 Å². The monoisotopic (exact) mass is 400 g/mol. The van der Waals surface area contributed by atoms with Gasteiger partial charge in [0.2, 0.25) is 5.91 Å². The molecule has 0 unspecified atom stereocenters. The minimum Gasteiger partial charge on any atom is -0.378 e. The first-order chi connectivity index (χ1) is 13.7. The van der Waals surface area contributed by atoms with Gasteiger partial charge >= 0.3 is 0 Å². The van der Waals surface area contributed by atoms with Crippen molar-refractivity contribution in [2.24, 2.45) is 0 Å². The van der Waals surface area contributed by atoms with Crippen molar-refractivity contribution in [3.05, 3.63) is 47.0 Å². The van der Waals surface area contributed by atoms with E-state index in [1.807, 2.05) is 28.5 Å². The van der Waals surface area contributed by atoms with Crippen LogP contribution in [-0.4, -0.2) is 66.0 Å². The number of benzene rings is 1. The van der Waals surface area contributed by atoms with Crippen LogP contribution in [0.25, 0.3) is 0 Å². The first-order valence-electron chi connectivity index (χ1n) is 9.62. The van der Waals surface area contributed by atoms with E-state index in [2.05, 4.69) is 15.2 Å². The summed E-state index contributed by atoms with van der Waals surface area (Å²) in [6.07, 6.45) is 2.02. The molecule has 28 heavy (non-hydrogen) atoms. The molecule has 1 N–H and O–H groups in total. The number of carbonyl (C=O) groups excluding carboxylic acids is 2. The number of aromatic nitrogens is 1. The van der Waals surface area contributed by atoms with E-state index in [1.54, 1.807) is 12.1 Å². The number of amides is 2. The second-order valence-corrected chi connectivity index (χ2v) is 7.88. The molecule has 148 valence electrons. The van der Waals surface area contributed by atoms with E-state index >= 15 is 0 Å². The molecule has 3 heterocycles. The highest BCUT2D eigenvalue weighted by Gasteiger charge is 2.31. The van der Waals surface area contributed by atoms with Crippen molar-refractivity contribution < 1.29 is 14.3 Å². The maximum Gasteiger partial charge on any atom is 0.257 e. The topological polar surface area (TPSA) is 74.8 Å². The summed E-state index contributed by atoms with van der Waals surface area (Å²) in [5.74, 6) is -0.00435. The lowest BCUT2D eigenvalue weighted by atomic mass is 10.1. The zero-order valence-corrected chi connectivity index (χ0v) is 16.5. The Morgan fingerprint density at radius 1 is 1.18 bits per heavy atom. The summed E-state index contributed by atoms with van der Waals surface area (Å²) in [6, 6.07) is 9.24. The smallest absolute Gasteiger partial charge is 0.257 e. The largest absolute Gasteiger partial charge is 0.378 e. The van der Waals surface area contributed by atoms with Gasteiger partial charge in [0.15, 0.2) is 5.13 Å². The molecule has 0 radical (unpaired) electrons. The van der Waals surface area contributed by atoms with Crippen molar-refractivity contribution in [3.63, 3.8) is 0 Å². The molecule has 2 aliphatic rings. The molecule has 2 fully saturated rings. The van der Waals surface area contributed by atoms with Crippen molar-refractivity contribution in [2.45, 2.75) is 18.9 Å². The minimum absolute atomic E-state index is 0.128. The number of thiazole rings is 1. The van der Waals surface area contributed by atoms with E-state index in [9.17, 15) is 9.59 Å². The lowest BCUT2D eigenvalue weighted by molar-refractivity contribution is -0.136. The van der Waals surface area contributed by atoms with Crippen molar-refractivity contribution in [3.8, 4) is 0 Å². The zero-order valence-electron chi connectivity index (χ0n) is 15.7. The Hall–Kier alpha value is -2.29. The third-order valence-electron chi connectivity index (χ3n) is 5.19. The Morgan fingerprint density at radius 3 is 2.75 bits per heavy atom. The number of nitrogens with zero attached hydrogens (tertiary/aromatic N) is 3. The fourth-order valence-electron chi connectivity index (χ4n) is 3.69. The predicted molar refractivity (Wildman–Crippen MR) is 107 cm³/mol. The van der Waals surface area contributed by atoms with Gasteiger partial charge in [-0.05, 0) is 31.5 Å². The summed E-state index contributed by atoms with van der Waals surface area (Å²) in [6.45, 7) is 3.88. The van der Waals surface area contributed by atoms with Crippen LogP contribution in [-0.2, 0) is 9.53 Å². The number of anilines is 1. The van der Waals surface area contributed by atoms with Gasteiger partial charge < -0.3 is 9.64 Å². The van der Waals surface area contributed by atoms with E-state index in [4.69, 9.17) is 4.74 Å². The van der Waals surface area contributed by atoms with E-state index < -0.39 is 0 Å². The average molecular weight is 401 g/mol. The molecule has 0 saturated carbocycles. The Kier molecular flexibility index (Phi) is 5.99. The number of nitrogens with one attached hydrogen (secondary N) is 1. The molecule has 2 saturated heterocycles. The molecule has 0 bridgehead atoms. The second kappa shape index (κ2) is 8.81. The van der Waals surface area contributed by atoms with Crippen LogP contribution < -0.4 is 5.32 Å². The van der Waals surface area contributed by atoms with Gasteiger partial charge in [-0.15, -0.1) is 11.3 Å². The van der Waals surface area contributed by atoms with Crippen molar-refractivity contribution >= 4 is 28.3 Å². The second-order valence-electron chi connectivity index (χ2n) is 7.02. The fraction of sp³-hybridized carbons (Fsp3) is 0.450. The lowest BCUT2D eigenvalue weighted by Gasteiger charge is -2.30. The van der Waals surface area contributed by atoms with E-state index in [1.165, 1.54) is 11.3 Å². The van der Waals surface area contributed by atoms with Crippen LogP contribution in [0.4, 0.5) is 5.13 Å². The maximum atomic E-state index is 12.6. The first-order valence-corrected chi connectivity index (χ1v) is 10.5. The van der Waals surface area contributed by atoms with Crippen molar-refractivity contribution in [2.75, 3.05) is 44.7 Å². The molecule has 1 atom stereocenters. The summed E-state index contributed by atoms with van der Waals surface area (Å²) in [7, 11) is 0. The third-order valence-corrected chi connectivity index (χ3v) is 5.96. The summed E-state index contributed by atoms with van der Waals surface area (Å²) >= 11 is 1.43. The molecule has 0 aliphatic carbocycles. The van der Waals surface area contributed by atoms with Gasteiger partial charge in [-0.2, -0.15) is 0 Å². The number of ether oxygens (including phenoxy) is 1. The van der Waals surface area contributed by atoms with Crippen LogP contribution in [0, 0.1) is 0 Å². The predicted octanol–water partition coefficient (Wildman–Crippen LogP) is 2.39. The van der Waals surface area contributed by atoms with Gasteiger partial charge in [0.25, 0.3) is 5.91 Å². The quantitative estimate of drug-likeness (QED) is 0.834. The van der Waals surface area contributed by atoms with E-state index in [0.717, 1.165) is 25.1 Å². The molecule has 2 amide bonds. The van der Waals surface area contributed by atoms with Crippen LogP contribution in [0.5, 0.6) is 0 Å². The van der Waals surface area contributed by atoms with Crippen LogP contribution in [0.2, 0.25) is 0 Å². The van der Waals surface area contributed by atoms with Gasteiger partial charge in [-0.3, -0.25) is 19.8 Å². The number of hydrogen-bond donors (Lipinski definition) is 1. The molecule has 2 aromatic rings. The SMILES string of the molecule is O=C(Nc1nc([C@H]2CCCN2CC(=O)N2CCOCC2)cs1)c1ccccc1. The molecule has 0 spiro atoms. The normalized spacial score (nSPS) is 20.3. The number of hydrogen-bond acceptors (Lipinski definition) is 6. The van der Waals surface area contributed by atoms with Gasteiger partial charge in [0.1, 0.15) is 0 Å². The molecule has 1 aromatic heterocycles. The average Bonchev–Trinajstić information content (AvgIpc) is 3.38. The maximum absolute atomic E-state index is 12.6. The van der Waals surface area contributed by atoms with Gasteiger partial charge in [-0.25, -0.2) is 4.98 Å². The van der Waals surface area contributed by atoms with Crippen LogP contribution in [0.3, 0.4) is 0 Å². The van der Waals surface area contributed by atoms with Gasteiger partial charge in [-0.1, -0.05) is 18.2 Å². The van der Waals surface area contributed by atoms with Crippen molar-refractivity contribution in [1.29, 1.82) is 0 Å². The van der Waals surface area contributed by atoms with E-state index in [-0.39, 0.29) is 17.9 Å². The molecule has 2 aliphatic heterocycles. The summed E-state index contributed by atoms with van der Waals surface area (Å²) in [5, 5.41) is 5.45. The molecular weight excluding hydrogens is 376 g/mol. The number of morpholine rings is 1. The molecule has 4 rings (SSSR count). The number of likely N-dealkylation sites (tertiary alicyclic amines) is 1. The summed E-state index contributed by atoms with van der Waals surface area (Å²) in [4.78, 5) is 33.6. The Morgan fingerprint density at radius 2 is 1.96 bits per heavy atom.